The Labute approximate surface area is 148 Å². The molecule has 1 aromatic heterocycles. The number of nitrogens with one attached hydrogen (secondary N) is 1. The third kappa shape index (κ3) is 5.00. The number of rotatable bonds is 6. The van der Waals surface area contributed by atoms with E-state index in [-0.39, 0.29) is 18.1 Å². The van der Waals surface area contributed by atoms with Crippen LogP contribution >= 0.6 is 0 Å². The van der Waals surface area contributed by atoms with Crippen molar-refractivity contribution in [2.75, 3.05) is 25.0 Å². The third-order valence-corrected chi connectivity index (χ3v) is 4.20. The van der Waals surface area contributed by atoms with E-state index in [0.717, 1.165) is 12.0 Å². The average Bonchev–Trinajstić information content (AvgIpc) is 2.66. The summed E-state index contributed by atoms with van der Waals surface area (Å²) in [6, 6.07) is 11.9. The predicted octanol–water partition coefficient (Wildman–Crippen LogP) is 2.66. The molecule has 1 N–H and O–H groups in total. The van der Waals surface area contributed by atoms with Crippen molar-refractivity contribution in [1.82, 2.24) is 14.9 Å². The van der Waals surface area contributed by atoms with Gasteiger partial charge in [0.1, 0.15) is 6.10 Å². The molecule has 0 saturated carbocycles. The largest absolute Gasteiger partial charge is 0.367 e. The number of morpholine rings is 1. The zero-order valence-electron chi connectivity index (χ0n) is 14.5. The van der Waals surface area contributed by atoms with Crippen molar-refractivity contribution in [2.24, 2.45) is 0 Å². The summed E-state index contributed by atoms with van der Waals surface area (Å²) in [5.74, 6) is 0.769. The van der Waals surface area contributed by atoms with Gasteiger partial charge in [0.05, 0.1) is 12.6 Å². The molecule has 1 amide bonds. The number of hydrogen-bond donors (Lipinski definition) is 1. The van der Waals surface area contributed by atoms with Crippen molar-refractivity contribution in [3.05, 3.63) is 54.4 Å². The maximum atomic E-state index is 12.5. The minimum atomic E-state index is -0.0512. The fraction of sp³-hybridized carbons (Fsp3) is 0.421. The Balaban J connectivity index is 1.47. The molecule has 1 aromatic carbocycles. The predicted molar refractivity (Wildman–Crippen MR) is 96.1 cm³/mol. The van der Waals surface area contributed by atoms with Crippen LogP contribution in [0.4, 0.5) is 5.95 Å². The fourth-order valence-corrected chi connectivity index (χ4v) is 3.00. The Morgan fingerprint density at radius 2 is 1.96 bits per heavy atom. The number of hydrogen-bond acceptors (Lipinski definition) is 5. The van der Waals surface area contributed by atoms with Gasteiger partial charge >= 0.3 is 0 Å². The van der Waals surface area contributed by atoms with Crippen LogP contribution in [0.25, 0.3) is 0 Å². The Morgan fingerprint density at radius 3 is 2.72 bits per heavy atom. The SMILES string of the molecule is CC1CN(C(=O)CCCNc2ncccn2)CC(c2ccccc2)O1. The Bertz CT molecular complexity index is 666. The second-order valence-corrected chi connectivity index (χ2v) is 6.25. The number of carbonyl (C=O) groups excluding carboxylic acids is 1. The van der Waals surface area contributed by atoms with Crippen LogP contribution in [0.15, 0.2) is 48.8 Å². The van der Waals surface area contributed by atoms with Gasteiger partial charge in [0.2, 0.25) is 11.9 Å². The molecular formula is C19H24N4O2. The minimum Gasteiger partial charge on any atom is -0.367 e. The summed E-state index contributed by atoms with van der Waals surface area (Å²) in [4.78, 5) is 22.7. The summed E-state index contributed by atoms with van der Waals surface area (Å²) in [5, 5.41) is 3.13. The number of amides is 1. The molecule has 1 fully saturated rings. The summed E-state index contributed by atoms with van der Waals surface area (Å²) in [5.41, 5.74) is 1.12. The van der Waals surface area contributed by atoms with Crippen molar-refractivity contribution in [1.29, 1.82) is 0 Å². The van der Waals surface area contributed by atoms with E-state index >= 15 is 0 Å². The van der Waals surface area contributed by atoms with E-state index in [1.807, 2.05) is 30.0 Å². The zero-order chi connectivity index (χ0) is 17.5. The van der Waals surface area contributed by atoms with Gasteiger partial charge in [0.25, 0.3) is 0 Å². The highest BCUT2D eigenvalue weighted by molar-refractivity contribution is 5.76. The first-order valence-electron chi connectivity index (χ1n) is 8.71. The molecule has 0 bridgehead atoms. The van der Waals surface area contributed by atoms with Gasteiger partial charge in [0.15, 0.2) is 0 Å². The molecule has 0 aliphatic carbocycles. The first kappa shape index (κ1) is 17.4. The summed E-state index contributed by atoms with van der Waals surface area (Å²) >= 11 is 0. The number of anilines is 1. The van der Waals surface area contributed by atoms with Crippen LogP contribution in [0, 0.1) is 0 Å². The van der Waals surface area contributed by atoms with Crippen molar-refractivity contribution in [2.45, 2.75) is 32.0 Å². The molecule has 25 heavy (non-hydrogen) atoms. The first-order valence-corrected chi connectivity index (χ1v) is 8.71. The lowest BCUT2D eigenvalue weighted by molar-refractivity contribution is -0.144. The molecule has 0 spiro atoms. The van der Waals surface area contributed by atoms with E-state index in [2.05, 4.69) is 27.4 Å². The second-order valence-electron chi connectivity index (χ2n) is 6.25. The molecular weight excluding hydrogens is 316 g/mol. The van der Waals surface area contributed by atoms with Crippen molar-refractivity contribution in [3.63, 3.8) is 0 Å². The summed E-state index contributed by atoms with van der Waals surface area (Å²) < 4.78 is 6.01. The quantitative estimate of drug-likeness (QED) is 0.819. The van der Waals surface area contributed by atoms with Crippen LogP contribution in [-0.2, 0) is 9.53 Å². The molecule has 132 valence electrons. The van der Waals surface area contributed by atoms with E-state index in [0.29, 0.717) is 32.0 Å². The molecule has 1 aliphatic rings. The van der Waals surface area contributed by atoms with Crippen molar-refractivity contribution >= 4 is 11.9 Å². The molecule has 6 nitrogen and oxygen atoms in total. The Hall–Kier alpha value is -2.47. The number of aromatic nitrogens is 2. The number of nitrogens with zero attached hydrogens (tertiary/aromatic N) is 3. The lowest BCUT2D eigenvalue weighted by Gasteiger charge is -2.37. The smallest absolute Gasteiger partial charge is 0.222 e. The van der Waals surface area contributed by atoms with Crippen molar-refractivity contribution in [3.8, 4) is 0 Å². The lowest BCUT2D eigenvalue weighted by atomic mass is 10.1. The molecule has 0 radical (unpaired) electrons. The molecule has 6 heteroatoms. The monoisotopic (exact) mass is 340 g/mol. The van der Waals surface area contributed by atoms with E-state index in [4.69, 9.17) is 4.74 Å². The third-order valence-electron chi connectivity index (χ3n) is 4.20. The van der Waals surface area contributed by atoms with Crippen LogP contribution in [0.5, 0.6) is 0 Å². The molecule has 1 aliphatic heterocycles. The zero-order valence-corrected chi connectivity index (χ0v) is 14.5. The highest BCUT2D eigenvalue weighted by atomic mass is 16.5. The van der Waals surface area contributed by atoms with E-state index < -0.39 is 0 Å². The van der Waals surface area contributed by atoms with E-state index in [1.165, 1.54) is 0 Å². The number of benzene rings is 1. The summed E-state index contributed by atoms with van der Waals surface area (Å²) in [6.07, 6.45) is 4.63. The van der Waals surface area contributed by atoms with Crippen LogP contribution in [0.2, 0.25) is 0 Å². The molecule has 2 unspecified atom stereocenters. The highest BCUT2D eigenvalue weighted by Gasteiger charge is 2.28. The molecule has 2 aromatic rings. The van der Waals surface area contributed by atoms with Crippen LogP contribution in [-0.4, -0.2) is 46.5 Å². The van der Waals surface area contributed by atoms with Crippen LogP contribution < -0.4 is 5.32 Å². The summed E-state index contributed by atoms with van der Waals surface area (Å²) in [6.45, 7) is 3.96. The molecule has 3 rings (SSSR count). The van der Waals surface area contributed by atoms with Gasteiger partial charge in [-0.2, -0.15) is 0 Å². The molecule has 2 heterocycles. The topological polar surface area (TPSA) is 67.4 Å². The first-order chi connectivity index (χ1) is 12.2. The Kier molecular flexibility index (Phi) is 5.95. The average molecular weight is 340 g/mol. The summed E-state index contributed by atoms with van der Waals surface area (Å²) in [7, 11) is 0. The highest BCUT2D eigenvalue weighted by Crippen LogP contribution is 2.25. The van der Waals surface area contributed by atoms with Gasteiger partial charge in [0, 0.05) is 31.9 Å². The minimum absolute atomic E-state index is 0.0405. The number of ether oxygens (including phenoxy) is 1. The van der Waals surface area contributed by atoms with Crippen LogP contribution in [0.3, 0.4) is 0 Å². The molecule has 1 saturated heterocycles. The van der Waals surface area contributed by atoms with Gasteiger partial charge in [-0.1, -0.05) is 30.3 Å². The van der Waals surface area contributed by atoms with Crippen molar-refractivity contribution < 1.29 is 9.53 Å². The standard InChI is InChI=1S/C19H24N4O2/c1-15-13-23(14-17(25-15)16-7-3-2-4-8-16)18(24)9-5-10-20-19-21-11-6-12-22-19/h2-4,6-8,11-12,15,17H,5,9-10,13-14H2,1H3,(H,20,21,22). The molecule has 2 atom stereocenters. The van der Waals surface area contributed by atoms with Gasteiger partial charge in [-0.25, -0.2) is 9.97 Å². The fourth-order valence-electron chi connectivity index (χ4n) is 3.00. The lowest BCUT2D eigenvalue weighted by Crippen LogP contribution is -2.46. The maximum Gasteiger partial charge on any atom is 0.222 e. The van der Waals surface area contributed by atoms with E-state index in [9.17, 15) is 4.79 Å². The number of carbonyl (C=O) groups is 1. The van der Waals surface area contributed by atoms with Gasteiger partial charge < -0.3 is 15.0 Å². The second kappa shape index (κ2) is 8.58. The van der Waals surface area contributed by atoms with E-state index in [1.54, 1.807) is 18.5 Å². The van der Waals surface area contributed by atoms with Gasteiger partial charge in [-0.15, -0.1) is 0 Å². The Morgan fingerprint density at radius 1 is 1.20 bits per heavy atom. The van der Waals surface area contributed by atoms with Crippen LogP contribution in [0.1, 0.15) is 31.4 Å². The van der Waals surface area contributed by atoms with Gasteiger partial charge in [-0.05, 0) is 25.0 Å². The maximum absolute atomic E-state index is 12.5. The normalized spacial score (nSPS) is 20.3. The van der Waals surface area contributed by atoms with Gasteiger partial charge in [-0.3, -0.25) is 4.79 Å².